The minimum atomic E-state index is -3.79. The first-order valence-electron chi connectivity index (χ1n) is 5.42. The molecule has 0 aliphatic heterocycles. The van der Waals surface area contributed by atoms with Crippen LogP contribution in [0.5, 0.6) is 0 Å². The molecule has 0 amide bonds. The number of nitrogens with two attached hydrogens (primary N) is 2. The van der Waals surface area contributed by atoms with E-state index in [2.05, 4.69) is 21.2 Å². The van der Waals surface area contributed by atoms with Gasteiger partial charge in [-0.25, -0.2) is 13.6 Å². The van der Waals surface area contributed by atoms with Gasteiger partial charge in [0.1, 0.15) is 0 Å². The van der Waals surface area contributed by atoms with Crippen LogP contribution in [0.25, 0.3) is 0 Å². The van der Waals surface area contributed by atoms with Crippen molar-refractivity contribution in [2.45, 2.75) is 4.90 Å². The number of anilines is 3. The fraction of sp³-hybridized carbons (Fsp3) is 0. The van der Waals surface area contributed by atoms with E-state index < -0.39 is 10.0 Å². The van der Waals surface area contributed by atoms with Gasteiger partial charge in [0.15, 0.2) is 0 Å². The molecule has 0 saturated carbocycles. The van der Waals surface area contributed by atoms with E-state index in [0.717, 1.165) is 4.47 Å². The molecule has 106 valence electrons. The lowest BCUT2D eigenvalue weighted by molar-refractivity contribution is 0.598. The van der Waals surface area contributed by atoms with Gasteiger partial charge in [-0.15, -0.1) is 0 Å². The minimum Gasteiger partial charge on any atom is -0.397 e. The summed E-state index contributed by atoms with van der Waals surface area (Å²) >= 11 is 9.39. The second kappa shape index (κ2) is 5.61. The lowest BCUT2D eigenvalue weighted by atomic mass is 10.2. The normalized spacial score (nSPS) is 11.3. The summed E-state index contributed by atoms with van der Waals surface area (Å²) in [6, 6.07) is 9.43. The molecular weight excluding hydrogens is 366 g/mol. The number of halogens is 2. The summed E-state index contributed by atoms with van der Waals surface area (Å²) in [5.74, 6) is 0. The third-order valence-corrected chi connectivity index (χ3v) is 4.27. The predicted molar refractivity (Wildman–Crippen MR) is 84.7 cm³/mol. The SMILES string of the molecule is Nc1ccc(S(N)(=O)=O)cc1Nc1ccc(Br)cc1Cl. The van der Waals surface area contributed by atoms with Crippen molar-refractivity contribution in [2.75, 3.05) is 11.1 Å². The van der Waals surface area contributed by atoms with E-state index >= 15 is 0 Å². The van der Waals surface area contributed by atoms with Crippen molar-refractivity contribution in [3.05, 3.63) is 45.9 Å². The standard InChI is InChI=1S/C12H11BrClN3O2S/c13-7-1-4-11(9(14)5-7)17-12-6-8(20(16,18)19)2-3-10(12)15/h1-6,17H,15H2,(H2,16,18,19). The van der Waals surface area contributed by atoms with Crippen LogP contribution in [0.3, 0.4) is 0 Å². The van der Waals surface area contributed by atoms with Crippen LogP contribution in [0.1, 0.15) is 0 Å². The van der Waals surface area contributed by atoms with E-state index in [1.165, 1.54) is 18.2 Å². The van der Waals surface area contributed by atoms with Gasteiger partial charge in [0.2, 0.25) is 10.0 Å². The average molecular weight is 377 g/mol. The van der Waals surface area contributed by atoms with E-state index in [1.54, 1.807) is 18.2 Å². The zero-order chi connectivity index (χ0) is 14.9. The van der Waals surface area contributed by atoms with E-state index in [-0.39, 0.29) is 4.90 Å². The Kier molecular flexibility index (Phi) is 4.24. The average Bonchev–Trinajstić information content (AvgIpc) is 2.33. The van der Waals surface area contributed by atoms with Crippen LogP contribution in [-0.4, -0.2) is 8.42 Å². The third kappa shape index (κ3) is 3.43. The van der Waals surface area contributed by atoms with Gasteiger partial charge in [-0.05, 0) is 36.4 Å². The number of nitrogen functional groups attached to an aromatic ring is 1. The monoisotopic (exact) mass is 375 g/mol. The maximum atomic E-state index is 11.3. The van der Waals surface area contributed by atoms with Gasteiger partial charge in [-0.1, -0.05) is 27.5 Å². The van der Waals surface area contributed by atoms with E-state index in [4.69, 9.17) is 22.5 Å². The molecular formula is C12H11BrClN3O2S. The summed E-state index contributed by atoms with van der Waals surface area (Å²) in [7, 11) is -3.79. The summed E-state index contributed by atoms with van der Waals surface area (Å²) in [4.78, 5) is -0.0255. The van der Waals surface area contributed by atoms with Crippen LogP contribution >= 0.6 is 27.5 Å². The summed E-state index contributed by atoms with van der Waals surface area (Å²) in [6.07, 6.45) is 0. The van der Waals surface area contributed by atoms with E-state index in [1.807, 2.05) is 0 Å². The highest BCUT2D eigenvalue weighted by atomic mass is 79.9. The Labute approximate surface area is 130 Å². The van der Waals surface area contributed by atoms with Gasteiger partial charge < -0.3 is 11.1 Å². The van der Waals surface area contributed by atoms with Crippen molar-refractivity contribution in [3.8, 4) is 0 Å². The van der Waals surface area contributed by atoms with Crippen molar-refractivity contribution in [1.82, 2.24) is 0 Å². The summed E-state index contributed by atoms with van der Waals surface area (Å²) in [5, 5.41) is 8.54. The minimum absolute atomic E-state index is 0.0255. The van der Waals surface area contributed by atoms with Crippen molar-refractivity contribution in [3.63, 3.8) is 0 Å². The number of hydrogen-bond acceptors (Lipinski definition) is 4. The van der Waals surface area contributed by atoms with Gasteiger partial charge in [0, 0.05) is 4.47 Å². The highest BCUT2D eigenvalue weighted by Crippen LogP contribution is 2.31. The lowest BCUT2D eigenvalue weighted by Crippen LogP contribution is -2.12. The van der Waals surface area contributed by atoms with Gasteiger partial charge in [0.25, 0.3) is 0 Å². The van der Waals surface area contributed by atoms with Gasteiger partial charge in [0.05, 0.1) is 27.0 Å². The molecule has 2 aromatic rings. The largest absolute Gasteiger partial charge is 0.397 e. The quantitative estimate of drug-likeness (QED) is 0.717. The van der Waals surface area contributed by atoms with Crippen molar-refractivity contribution >= 4 is 54.6 Å². The molecule has 0 bridgehead atoms. The molecule has 5 N–H and O–H groups in total. The third-order valence-electron chi connectivity index (χ3n) is 2.55. The Morgan fingerprint density at radius 2 is 1.80 bits per heavy atom. The smallest absolute Gasteiger partial charge is 0.238 e. The number of benzene rings is 2. The number of hydrogen-bond donors (Lipinski definition) is 3. The van der Waals surface area contributed by atoms with Crippen LogP contribution < -0.4 is 16.2 Å². The Balaban J connectivity index is 2.43. The van der Waals surface area contributed by atoms with Gasteiger partial charge in [-0.3, -0.25) is 0 Å². The fourth-order valence-electron chi connectivity index (χ4n) is 1.56. The maximum absolute atomic E-state index is 11.3. The first kappa shape index (κ1) is 15.1. The summed E-state index contributed by atoms with van der Waals surface area (Å²) in [6.45, 7) is 0. The lowest BCUT2D eigenvalue weighted by Gasteiger charge is -2.12. The molecule has 2 rings (SSSR count). The molecule has 0 atom stereocenters. The highest BCUT2D eigenvalue weighted by Gasteiger charge is 2.11. The van der Waals surface area contributed by atoms with Crippen LogP contribution in [0.2, 0.25) is 5.02 Å². The first-order valence-corrected chi connectivity index (χ1v) is 8.13. The highest BCUT2D eigenvalue weighted by molar-refractivity contribution is 9.10. The molecule has 0 fully saturated rings. The molecule has 0 aliphatic rings. The predicted octanol–water partition coefficient (Wildman–Crippen LogP) is 3.08. The van der Waals surface area contributed by atoms with E-state index in [0.29, 0.717) is 22.1 Å². The first-order chi connectivity index (χ1) is 9.27. The number of rotatable bonds is 3. The Morgan fingerprint density at radius 1 is 1.10 bits per heavy atom. The summed E-state index contributed by atoms with van der Waals surface area (Å²) in [5.41, 5.74) is 7.22. The van der Waals surface area contributed by atoms with Crippen molar-refractivity contribution < 1.29 is 8.42 Å². The van der Waals surface area contributed by atoms with Crippen molar-refractivity contribution in [1.29, 1.82) is 0 Å². The van der Waals surface area contributed by atoms with Crippen LogP contribution in [0.15, 0.2) is 45.8 Å². The molecule has 0 aromatic heterocycles. The number of nitrogens with one attached hydrogen (secondary N) is 1. The van der Waals surface area contributed by atoms with E-state index in [9.17, 15) is 8.42 Å². The maximum Gasteiger partial charge on any atom is 0.238 e. The van der Waals surface area contributed by atoms with Gasteiger partial charge in [-0.2, -0.15) is 0 Å². The molecule has 0 heterocycles. The number of primary sulfonamides is 1. The molecule has 2 aromatic carbocycles. The van der Waals surface area contributed by atoms with Crippen LogP contribution in [0, 0.1) is 0 Å². The molecule has 0 radical (unpaired) electrons. The van der Waals surface area contributed by atoms with Crippen LogP contribution in [0.4, 0.5) is 17.1 Å². The second-order valence-corrected chi connectivity index (χ2v) is 6.93. The van der Waals surface area contributed by atoms with Gasteiger partial charge >= 0.3 is 0 Å². The molecule has 8 heteroatoms. The molecule has 0 unspecified atom stereocenters. The fourth-order valence-corrected chi connectivity index (χ4v) is 2.82. The molecule has 0 spiro atoms. The molecule has 0 aliphatic carbocycles. The molecule has 5 nitrogen and oxygen atoms in total. The van der Waals surface area contributed by atoms with Crippen molar-refractivity contribution in [2.24, 2.45) is 5.14 Å². The second-order valence-electron chi connectivity index (χ2n) is 4.04. The Morgan fingerprint density at radius 3 is 2.40 bits per heavy atom. The summed E-state index contributed by atoms with van der Waals surface area (Å²) < 4.78 is 23.5. The Bertz CT molecular complexity index is 765. The zero-order valence-electron chi connectivity index (χ0n) is 10.1. The van der Waals surface area contributed by atoms with Crippen LogP contribution in [-0.2, 0) is 10.0 Å². The Hall–Kier alpha value is -1.28. The molecule has 0 saturated heterocycles. The molecule has 20 heavy (non-hydrogen) atoms. The number of sulfonamides is 1. The zero-order valence-corrected chi connectivity index (χ0v) is 13.3. The topological polar surface area (TPSA) is 98.2 Å².